The number of carbonyl (C=O) groups is 3. The van der Waals surface area contributed by atoms with Crippen LogP contribution >= 0.6 is 0 Å². The molecule has 0 aromatic heterocycles. The van der Waals surface area contributed by atoms with Gasteiger partial charge in [-0.05, 0) is 48.4 Å². The molecule has 3 aromatic rings. The minimum Gasteiger partial charge on any atom is -0.322 e. The van der Waals surface area contributed by atoms with E-state index in [-0.39, 0.29) is 11.8 Å². The smallest absolute Gasteiger partial charge is 0.257 e. The molecule has 2 amide bonds. The molecule has 0 bridgehead atoms. The molecule has 0 saturated carbocycles. The van der Waals surface area contributed by atoms with Crippen molar-refractivity contribution in [1.29, 1.82) is 0 Å². The van der Waals surface area contributed by atoms with Crippen molar-refractivity contribution in [3.8, 4) is 0 Å². The number of amides is 2. The predicted molar refractivity (Wildman–Crippen MR) is 110 cm³/mol. The molecule has 0 atom stereocenters. The number of rotatable bonds is 7. The summed E-state index contributed by atoms with van der Waals surface area (Å²) in [5.41, 5.74) is 3.00. The predicted octanol–water partition coefficient (Wildman–Crippen LogP) is 4.32. The van der Waals surface area contributed by atoms with Gasteiger partial charge in [0, 0.05) is 17.7 Å². The lowest BCUT2D eigenvalue weighted by molar-refractivity contribution is -0.107. The Morgan fingerprint density at radius 2 is 1.43 bits per heavy atom. The van der Waals surface area contributed by atoms with Crippen LogP contribution in [0.25, 0.3) is 0 Å². The van der Waals surface area contributed by atoms with E-state index in [9.17, 15) is 14.4 Å². The normalized spacial score (nSPS) is 10.1. The van der Waals surface area contributed by atoms with E-state index in [0.29, 0.717) is 35.3 Å². The zero-order valence-electron chi connectivity index (χ0n) is 15.2. The van der Waals surface area contributed by atoms with E-state index in [1.807, 2.05) is 18.2 Å². The summed E-state index contributed by atoms with van der Waals surface area (Å²) in [5, 5.41) is 5.63. The van der Waals surface area contributed by atoms with Crippen LogP contribution in [0.4, 0.5) is 11.4 Å². The Hall–Kier alpha value is -3.73. The number of aryl methyl sites for hydroxylation is 1. The maximum atomic E-state index is 12.7. The minimum atomic E-state index is -0.315. The Labute approximate surface area is 163 Å². The van der Waals surface area contributed by atoms with Crippen LogP contribution in [0.15, 0.2) is 78.9 Å². The van der Waals surface area contributed by atoms with Gasteiger partial charge in [0.25, 0.3) is 11.8 Å². The highest BCUT2D eigenvalue weighted by molar-refractivity contribution is 6.12. The van der Waals surface area contributed by atoms with Gasteiger partial charge >= 0.3 is 0 Å². The minimum absolute atomic E-state index is 0.277. The first kappa shape index (κ1) is 19.0. The second-order valence-electron chi connectivity index (χ2n) is 6.22. The van der Waals surface area contributed by atoms with Crippen molar-refractivity contribution in [2.45, 2.75) is 12.8 Å². The molecule has 0 aliphatic heterocycles. The van der Waals surface area contributed by atoms with E-state index in [2.05, 4.69) is 10.6 Å². The van der Waals surface area contributed by atoms with Crippen LogP contribution in [0.3, 0.4) is 0 Å². The van der Waals surface area contributed by atoms with Crippen LogP contribution in [0.2, 0.25) is 0 Å². The first-order valence-corrected chi connectivity index (χ1v) is 8.97. The quantitative estimate of drug-likeness (QED) is 0.607. The number of carbonyl (C=O) groups excluding carboxylic acids is 3. The van der Waals surface area contributed by atoms with Crippen LogP contribution < -0.4 is 10.6 Å². The van der Waals surface area contributed by atoms with Gasteiger partial charge in [0.05, 0.1) is 11.3 Å². The average Bonchev–Trinajstić information content (AvgIpc) is 2.74. The van der Waals surface area contributed by atoms with Gasteiger partial charge in [-0.15, -0.1) is 0 Å². The molecule has 0 radical (unpaired) electrons. The SMILES string of the molecule is O=CCCc1ccc(NC(=O)c2ccccc2NC(=O)c2ccccc2)cc1. The van der Waals surface area contributed by atoms with Crippen molar-refractivity contribution in [3.05, 3.63) is 95.6 Å². The topological polar surface area (TPSA) is 75.3 Å². The van der Waals surface area contributed by atoms with Crippen molar-refractivity contribution >= 4 is 29.5 Å². The molecule has 0 spiro atoms. The van der Waals surface area contributed by atoms with Gasteiger partial charge in [0.1, 0.15) is 6.29 Å². The van der Waals surface area contributed by atoms with Gasteiger partial charge in [-0.25, -0.2) is 0 Å². The van der Waals surface area contributed by atoms with E-state index in [4.69, 9.17) is 0 Å². The number of benzene rings is 3. The molecule has 5 nitrogen and oxygen atoms in total. The van der Waals surface area contributed by atoms with Gasteiger partial charge in [-0.3, -0.25) is 9.59 Å². The first-order chi connectivity index (χ1) is 13.7. The molecule has 0 unspecified atom stereocenters. The summed E-state index contributed by atoms with van der Waals surface area (Å²) in [6.07, 6.45) is 2.03. The van der Waals surface area contributed by atoms with E-state index < -0.39 is 0 Å². The van der Waals surface area contributed by atoms with Crippen molar-refractivity contribution in [1.82, 2.24) is 0 Å². The standard InChI is InChI=1S/C23H20N2O3/c26-16-6-7-17-12-14-19(15-13-17)24-23(28)20-10-4-5-11-21(20)25-22(27)18-8-2-1-3-9-18/h1-5,8-16H,6-7H2,(H,24,28)(H,25,27). The maximum absolute atomic E-state index is 12.7. The fourth-order valence-corrected chi connectivity index (χ4v) is 2.75. The third kappa shape index (κ3) is 4.92. The molecule has 0 fully saturated rings. The van der Waals surface area contributed by atoms with Crippen LogP contribution in [0.5, 0.6) is 0 Å². The largest absolute Gasteiger partial charge is 0.322 e. The maximum Gasteiger partial charge on any atom is 0.257 e. The van der Waals surface area contributed by atoms with Gasteiger partial charge in [-0.2, -0.15) is 0 Å². The molecule has 5 heteroatoms. The lowest BCUT2D eigenvalue weighted by Crippen LogP contribution is -2.18. The monoisotopic (exact) mass is 372 g/mol. The highest BCUT2D eigenvalue weighted by atomic mass is 16.2. The van der Waals surface area contributed by atoms with Crippen LogP contribution in [-0.2, 0) is 11.2 Å². The number of aldehydes is 1. The lowest BCUT2D eigenvalue weighted by atomic mass is 10.1. The van der Waals surface area contributed by atoms with Gasteiger partial charge in [-0.1, -0.05) is 42.5 Å². The molecule has 3 aromatic carbocycles. The summed E-state index contributed by atoms with van der Waals surface area (Å²) in [4.78, 5) is 35.6. The van der Waals surface area contributed by atoms with E-state index in [0.717, 1.165) is 11.8 Å². The Morgan fingerprint density at radius 3 is 2.14 bits per heavy atom. The molecule has 28 heavy (non-hydrogen) atoms. The van der Waals surface area contributed by atoms with Crippen molar-refractivity contribution < 1.29 is 14.4 Å². The Balaban J connectivity index is 1.72. The highest BCUT2D eigenvalue weighted by Crippen LogP contribution is 2.19. The summed E-state index contributed by atoms with van der Waals surface area (Å²) in [6, 6.07) is 23.0. The zero-order chi connectivity index (χ0) is 19.8. The molecule has 2 N–H and O–H groups in total. The molecule has 0 aliphatic rings. The second-order valence-corrected chi connectivity index (χ2v) is 6.22. The highest BCUT2D eigenvalue weighted by Gasteiger charge is 2.14. The molecule has 3 rings (SSSR count). The third-order valence-electron chi connectivity index (χ3n) is 4.22. The number of nitrogens with one attached hydrogen (secondary N) is 2. The molecule has 0 saturated heterocycles. The van der Waals surface area contributed by atoms with Crippen molar-refractivity contribution in [2.75, 3.05) is 10.6 Å². The fourth-order valence-electron chi connectivity index (χ4n) is 2.75. The first-order valence-electron chi connectivity index (χ1n) is 8.97. The van der Waals surface area contributed by atoms with Crippen LogP contribution in [0, 0.1) is 0 Å². The van der Waals surface area contributed by atoms with Crippen LogP contribution in [0.1, 0.15) is 32.7 Å². The molecule has 0 heterocycles. The summed E-state index contributed by atoms with van der Waals surface area (Å²) >= 11 is 0. The molecular weight excluding hydrogens is 352 g/mol. The van der Waals surface area contributed by atoms with Gasteiger partial charge < -0.3 is 15.4 Å². The summed E-state index contributed by atoms with van der Waals surface area (Å²) in [6.45, 7) is 0. The molecule has 0 aliphatic carbocycles. The van der Waals surface area contributed by atoms with Gasteiger partial charge in [0.2, 0.25) is 0 Å². The Bertz CT molecular complexity index is 967. The van der Waals surface area contributed by atoms with Gasteiger partial charge in [0.15, 0.2) is 0 Å². The summed E-state index contributed by atoms with van der Waals surface area (Å²) in [5.74, 6) is -0.593. The zero-order valence-corrected chi connectivity index (χ0v) is 15.2. The molecule has 140 valence electrons. The Morgan fingerprint density at radius 1 is 0.750 bits per heavy atom. The summed E-state index contributed by atoms with van der Waals surface area (Å²) < 4.78 is 0. The summed E-state index contributed by atoms with van der Waals surface area (Å²) in [7, 11) is 0. The number of para-hydroxylation sites is 1. The third-order valence-corrected chi connectivity index (χ3v) is 4.22. The lowest BCUT2D eigenvalue weighted by Gasteiger charge is -2.12. The van der Waals surface area contributed by atoms with Crippen molar-refractivity contribution in [2.24, 2.45) is 0 Å². The van der Waals surface area contributed by atoms with E-state index in [1.165, 1.54) is 0 Å². The van der Waals surface area contributed by atoms with Crippen molar-refractivity contribution in [3.63, 3.8) is 0 Å². The van der Waals surface area contributed by atoms with Crippen LogP contribution in [-0.4, -0.2) is 18.1 Å². The average molecular weight is 372 g/mol. The molecular formula is C23H20N2O3. The Kier molecular flexibility index (Phi) is 6.31. The second kappa shape index (κ2) is 9.28. The number of hydrogen-bond donors (Lipinski definition) is 2. The van der Waals surface area contributed by atoms with E-state index >= 15 is 0 Å². The van der Waals surface area contributed by atoms with E-state index in [1.54, 1.807) is 60.7 Å². The number of hydrogen-bond acceptors (Lipinski definition) is 3. The number of anilines is 2. The fraction of sp³-hybridized carbons (Fsp3) is 0.0870.